The molecule has 1 N–H and O–H groups in total. The number of hydrogen-bond donors (Lipinski definition) is 1. The quantitative estimate of drug-likeness (QED) is 0.672. The van der Waals surface area contributed by atoms with Gasteiger partial charge in [-0.3, -0.25) is 4.79 Å². The second-order valence-electron chi connectivity index (χ2n) is 5.30. The van der Waals surface area contributed by atoms with Crippen LogP contribution in [0.4, 0.5) is 4.79 Å². The molecular formula is C16H18O7. The third-order valence-electron chi connectivity index (χ3n) is 3.76. The Morgan fingerprint density at radius 2 is 1.65 bits per heavy atom. The minimum absolute atomic E-state index is 0.260. The van der Waals surface area contributed by atoms with Crippen LogP contribution < -0.4 is 4.74 Å². The number of carboxylic acid groups (broad SMARTS) is 1. The summed E-state index contributed by atoms with van der Waals surface area (Å²) in [6.07, 6.45) is 1.02. The maximum atomic E-state index is 12.0. The largest absolute Gasteiger partial charge is 0.513 e. The zero-order chi connectivity index (χ0) is 16.8. The third-order valence-corrected chi connectivity index (χ3v) is 3.76. The van der Waals surface area contributed by atoms with Crippen LogP contribution in [0.2, 0.25) is 0 Å². The Hall–Kier alpha value is -2.57. The van der Waals surface area contributed by atoms with Crippen molar-refractivity contribution in [2.75, 3.05) is 7.11 Å². The van der Waals surface area contributed by atoms with Crippen molar-refractivity contribution in [1.29, 1.82) is 0 Å². The summed E-state index contributed by atoms with van der Waals surface area (Å²) in [6, 6.07) is 5.91. The van der Waals surface area contributed by atoms with Crippen molar-refractivity contribution in [2.45, 2.75) is 31.8 Å². The van der Waals surface area contributed by atoms with E-state index in [0.29, 0.717) is 31.2 Å². The SMILES string of the molecule is COC(=O)Oc1ccc(C(=O)OC2CCC(C(=O)O)CC2)cc1. The summed E-state index contributed by atoms with van der Waals surface area (Å²) >= 11 is 0. The van der Waals surface area contributed by atoms with Crippen LogP contribution in [-0.4, -0.2) is 36.4 Å². The number of benzene rings is 1. The molecule has 0 unspecified atom stereocenters. The smallest absolute Gasteiger partial charge is 0.481 e. The van der Waals surface area contributed by atoms with Gasteiger partial charge >= 0.3 is 18.1 Å². The molecule has 1 aromatic carbocycles. The molecule has 0 atom stereocenters. The van der Waals surface area contributed by atoms with Gasteiger partial charge in [-0.2, -0.15) is 0 Å². The molecule has 1 fully saturated rings. The van der Waals surface area contributed by atoms with Crippen molar-refractivity contribution in [1.82, 2.24) is 0 Å². The van der Waals surface area contributed by atoms with Gasteiger partial charge in [-0.1, -0.05) is 0 Å². The Bertz CT molecular complexity index is 571. The zero-order valence-corrected chi connectivity index (χ0v) is 12.7. The Balaban J connectivity index is 1.86. The van der Waals surface area contributed by atoms with E-state index in [0.717, 1.165) is 0 Å². The molecule has 1 aliphatic rings. The Morgan fingerprint density at radius 3 is 2.17 bits per heavy atom. The van der Waals surface area contributed by atoms with Crippen molar-refractivity contribution in [2.24, 2.45) is 5.92 Å². The molecule has 0 bridgehead atoms. The van der Waals surface area contributed by atoms with Gasteiger partial charge in [0.1, 0.15) is 11.9 Å². The minimum atomic E-state index is -0.837. The topological polar surface area (TPSA) is 99.1 Å². The second kappa shape index (κ2) is 7.62. The van der Waals surface area contributed by atoms with E-state index in [1.807, 2.05) is 0 Å². The van der Waals surface area contributed by atoms with E-state index in [2.05, 4.69) is 4.74 Å². The monoisotopic (exact) mass is 322 g/mol. The Kier molecular flexibility index (Phi) is 5.56. The highest BCUT2D eigenvalue weighted by atomic mass is 16.7. The number of esters is 1. The van der Waals surface area contributed by atoms with E-state index in [-0.39, 0.29) is 17.8 Å². The van der Waals surface area contributed by atoms with Crippen molar-refractivity contribution in [3.63, 3.8) is 0 Å². The van der Waals surface area contributed by atoms with Crippen LogP contribution in [0, 0.1) is 5.92 Å². The molecule has 1 aromatic rings. The summed E-state index contributed by atoms with van der Waals surface area (Å²) in [5, 5.41) is 8.94. The number of aliphatic carboxylic acids is 1. The Labute approximate surface area is 133 Å². The summed E-state index contributed by atoms with van der Waals surface area (Å²) in [5.41, 5.74) is 0.336. The van der Waals surface area contributed by atoms with Crippen molar-refractivity contribution in [3.05, 3.63) is 29.8 Å². The van der Waals surface area contributed by atoms with Crippen LogP contribution >= 0.6 is 0 Å². The van der Waals surface area contributed by atoms with Gasteiger partial charge in [-0.25, -0.2) is 9.59 Å². The van der Waals surface area contributed by atoms with Gasteiger partial charge in [0.2, 0.25) is 0 Å². The third kappa shape index (κ3) is 4.70. The van der Waals surface area contributed by atoms with E-state index in [9.17, 15) is 14.4 Å². The lowest BCUT2D eigenvalue weighted by atomic mass is 9.87. The highest BCUT2D eigenvalue weighted by Crippen LogP contribution is 2.27. The van der Waals surface area contributed by atoms with Crippen LogP contribution in [0.1, 0.15) is 36.0 Å². The summed E-state index contributed by atoms with van der Waals surface area (Å²) < 4.78 is 14.6. The lowest BCUT2D eigenvalue weighted by Gasteiger charge is -2.25. The molecule has 1 saturated carbocycles. The molecule has 0 saturated heterocycles. The van der Waals surface area contributed by atoms with Gasteiger partial charge in [0.05, 0.1) is 18.6 Å². The predicted molar refractivity (Wildman–Crippen MR) is 78.3 cm³/mol. The Morgan fingerprint density at radius 1 is 1.04 bits per heavy atom. The number of methoxy groups -OCH3 is 1. The number of hydrogen-bond acceptors (Lipinski definition) is 6. The van der Waals surface area contributed by atoms with E-state index in [1.54, 1.807) is 0 Å². The zero-order valence-electron chi connectivity index (χ0n) is 12.7. The van der Waals surface area contributed by atoms with Crippen molar-refractivity contribution < 1.29 is 33.7 Å². The first kappa shape index (κ1) is 16.8. The molecule has 0 aromatic heterocycles. The summed E-state index contributed by atoms with van der Waals surface area (Å²) in [7, 11) is 1.20. The van der Waals surface area contributed by atoms with Gasteiger partial charge in [0.15, 0.2) is 0 Å². The average Bonchev–Trinajstić information content (AvgIpc) is 2.55. The molecule has 0 heterocycles. The van der Waals surface area contributed by atoms with Crippen LogP contribution in [-0.2, 0) is 14.3 Å². The molecular weight excluding hydrogens is 304 g/mol. The van der Waals surface area contributed by atoms with Crippen LogP contribution in [0.25, 0.3) is 0 Å². The first-order valence-corrected chi connectivity index (χ1v) is 7.29. The van der Waals surface area contributed by atoms with Gasteiger partial charge in [-0.05, 0) is 49.9 Å². The average molecular weight is 322 g/mol. The maximum Gasteiger partial charge on any atom is 0.513 e. The van der Waals surface area contributed by atoms with E-state index < -0.39 is 18.1 Å². The van der Waals surface area contributed by atoms with E-state index in [4.69, 9.17) is 14.6 Å². The predicted octanol–water partition coefficient (Wildman–Crippen LogP) is 2.63. The van der Waals surface area contributed by atoms with Gasteiger partial charge in [0.25, 0.3) is 0 Å². The van der Waals surface area contributed by atoms with Crippen LogP contribution in [0.15, 0.2) is 24.3 Å². The molecule has 0 amide bonds. The van der Waals surface area contributed by atoms with E-state index in [1.165, 1.54) is 31.4 Å². The number of rotatable bonds is 4. The number of carboxylic acids is 1. The lowest BCUT2D eigenvalue weighted by molar-refractivity contribution is -0.143. The highest BCUT2D eigenvalue weighted by molar-refractivity contribution is 5.89. The maximum absolute atomic E-state index is 12.0. The van der Waals surface area contributed by atoms with Gasteiger partial charge in [0, 0.05) is 0 Å². The first-order chi connectivity index (χ1) is 11.0. The summed E-state index contributed by atoms with van der Waals surface area (Å²) in [5.74, 6) is -1.36. The first-order valence-electron chi connectivity index (χ1n) is 7.29. The molecule has 23 heavy (non-hydrogen) atoms. The second-order valence-corrected chi connectivity index (χ2v) is 5.30. The minimum Gasteiger partial charge on any atom is -0.481 e. The lowest BCUT2D eigenvalue weighted by Crippen LogP contribution is -2.27. The van der Waals surface area contributed by atoms with Gasteiger partial charge in [-0.15, -0.1) is 0 Å². The molecule has 7 heteroatoms. The fourth-order valence-electron chi connectivity index (χ4n) is 2.44. The molecule has 0 radical (unpaired) electrons. The number of ether oxygens (including phenoxy) is 3. The van der Waals surface area contributed by atoms with E-state index >= 15 is 0 Å². The molecule has 1 aliphatic carbocycles. The molecule has 0 aliphatic heterocycles. The van der Waals surface area contributed by atoms with Crippen LogP contribution in [0.5, 0.6) is 5.75 Å². The fourth-order valence-corrected chi connectivity index (χ4v) is 2.44. The normalized spacial score (nSPS) is 20.4. The standard InChI is InChI=1S/C16H18O7/c1-21-16(20)23-13-8-4-11(5-9-13)15(19)22-12-6-2-10(3-7-12)14(17)18/h4-5,8-10,12H,2-3,6-7H2,1H3,(H,17,18). The van der Waals surface area contributed by atoms with Gasteiger partial charge < -0.3 is 19.3 Å². The number of carbonyl (C=O) groups is 3. The highest BCUT2D eigenvalue weighted by Gasteiger charge is 2.28. The van der Waals surface area contributed by atoms with Crippen LogP contribution in [0.3, 0.4) is 0 Å². The molecule has 124 valence electrons. The summed E-state index contributed by atoms with van der Waals surface area (Å²) in [4.78, 5) is 33.9. The van der Waals surface area contributed by atoms with Crippen molar-refractivity contribution >= 4 is 18.1 Å². The molecule has 2 rings (SSSR count). The van der Waals surface area contributed by atoms with Crippen molar-refractivity contribution in [3.8, 4) is 5.75 Å². The summed E-state index contributed by atoms with van der Waals surface area (Å²) in [6.45, 7) is 0. The fraction of sp³-hybridized carbons (Fsp3) is 0.438. The molecule has 7 nitrogen and oxygen atoms in total. The molecule has 0 spiro atoms. The number of carbonyl (C=O) groups excluding carboxylic acids is 2.